The fraction of sp³-hybridized carbons (Fsp3) is 0.400. The summed E-state index contributed by atoms with van der Waals surface area (Å²) in [6.07, 6.45) is 1.83. The zero-order valence-corrected chi connectivity index (χ0v) is 11.6. The Labute approximate surface area is 109 Å². The van der Waals surface area contributed by atoms with Crippen molar-refractivity contribution >= 4 is 0 Å². The number of nitrogens with zero attached hydrogens (tertiary/aromatic N) is 2. The molecule has 1 aromatic heterocycles. The lowest BCUT2D eigenvalue weighted by Gasteiger charge is -2.17. The van der Waals surface area contributed by atoms with Gasteiger partial charge in [-0.3, -0.25) is 4.68 Å². The molecule has 3 heteroatoms. The molecule has 1 unspecified atom stereocenters. The summed E-state index contributed by atoms with van der Waals surface area (Å²) in [6, 6.07) is 9.00. The van der Waals surface area contributed by atoms with E-state index in [1.807, 2.05) is 24.0 Å². The van der Waals surface area contributed by atoms with Crippen molar-refractivity contribution in [1.82, 2.24) is 15.1 Å². The van der Waals surface area contributed by atoms with Crippen molar-refractivity contribution < 1.29 is 0 Å². The van der Waals surface area contributed by atoms with Crippen LogP contribution in [0.25, 0.3) is 0 Å². The smallest absolute Gasteiger partial charge is 0.0518 e. The number of benzene rings is 1. The largest absolute Gasteiger partial charge is 0.305 e. The van der Waals surface area contributed by atoms with Gasteiger partial charge in [-0.1, -0.05) is 23.8 Å². The topological polar surface area (TPSA) is 29.9 Å². The molecule has 0 aliphatic rings. The first kappa shape index (κ1) is 12.8. The van der Waals surface area contributed by atoms with Gasteiger partial charge in [-0.25, -0.2) is 0 Å². The molecule has 1 N–H and O–H groups in total. The second kappa shape index (κ2) is 5.36. The predicted octanol–water partition coefficient (Wildman–Crippen LogP) is 2.89. The highest BCUT2D eigenvalue weighted by atomic mass is 15.3. The van der Waals surface area contributed by atoms with Crippen molar-refractivity contribution in [3.05, 3.63) is 52.8 Å². The lowest BCUT2D eigenvalue weighted by Crippen LogP contribution is -2.20. The van der Waals surface area contributed by atoms with E-state index < -0.39 is 0 Å². The maximum absolute atomic E-state index is 4.18. The van der Waals surface area contributed by atoms with Crippen LogP contribution in [0.5, 0.6) is 0 Å². The van der Waals surface area contributed by atoms with E-state index in [4.69, 9.17) is 0 Å². The van der Waals surface area contributed by atoms with Crippen LogP contribution in [0, 0.1) is 13.8 Å². The van der Waals surface area contributed by atoms with E-state index in [2.05, 4.69) is 49.4 Å². The molecule has 96 valence electrons. The van der Waals surface area contributed by atoms with Crippen LogP contribution in [0.1, 0.15) is 35.3 Å². The Balaban J connectivity index is 2.06. The van der Waals surface area contributed by atoms with Gasteiger partial charge >= 0.3 is 0 Å². The van der Waals surface area contributed by atoms with Gasteiger partial charge in [0.25, 0.3) is 0 Å². The summed E-state index contributed by atoms with van der Waals surface area (Å²) in [6.45, 7) is 7.34. The molecular weight excluding hydrogens is 222 g/mol. The predicted molar refractivity (Wildman–Crippen MR) is 74.4 cm³/mol. The van der Waals surface area contributed by atoms with Gasteiger partial charge in [0.1, 0.15) is 0 Å². The van der Waals surface area contributed by atoms with E-state index in [1.165, 1.54) is 22.4 Å². The molecule has 2 rings (SSSR count). The maximum Gasteiger partial charge on any atom is 0.0518 e. The first-order valence-electron chi connectivity index (χ1n) is 6.35. The van der Waals surface area contributed by atoms with Crippen LogP contribution in [0.3, 0.4) is 0 Å². The van der Waals surface area contributed by atoms with E-state index in [-0.39, 0.29) is 0 Å². The summed E-state index contributed by atoms with van der Waals surface area (Å²) in [4.78, 5) is 0. The highest BCUT2D eigenvalue weighted by Crippen LogP contribution is 2.19. The average Bonchev–Trinajstić information content (AvgIpc) is 2.75. The lowest BCUT2D eigenvalue weighted by molar-refractivity contribution is 0.546. The third kappa shape index (κ3) is 2.79. The fourth-order valence-corrected chi connectivity index (χ4v) is 2.17. The Hall–Kier alpha value is -1.61. The Bertz CT molecular complexity index is 528. The molecule has 0 radical (unpaired) electrons. The van der Waals surface area contributed by atoms with Gasteiger partial charge in [-0.15, -0.1) is 0 Å². The third-order valence-corrected chi connectivity index (χ3v) is 3.41. The van der Waals surface area contributed by atoms with Crippen molar-refractivity contribution in [1.29, 1.82) is 0 Å². The minimum atomic E-state index is 0.347. The van der Waals surface area contributed by atoms with Crippen molar-refractivity contribution in [3.63, 3.8) is 0 Å². The summed E-state index contributed by atoms with van der Waals surface area (Å²) in [5, 5.41) is 7.72. The first-order valence-corrected chi connectivity index (χ1v) is 6.35. The van der Waals surface area contributed by atoms with E-state index in [9.17, 15) is 0 Å². The molecule has 0 saturated heterocycles. The van der Waals surface area contributed by atoms with E-state index >= 15 is 0 Å². The highest BCUT2D eigenvalue weighted by Gasteiger charge is 2.09. The second-order valence-electron chi connectivity index (χ2n) is 4.91. The Morgan fingerprint density at radius 3 is 2.72 bits per heavy atom. The Morgan fingerprint density at radius 2 is 2.06 bits per heavy atom. The number of aromatic nitrogens is 2. The van der Waals surface area contributed by atoms with Crippen LogP contribution in [-0.4, -0.2) is 9.78 Å². The molecule has 0 saturated carbocycles. The van der Waals surface area contributed by atoms with Crippen LogP contribution < -0.4 is 5.32 Å². The van der Waals surface area contributed by atoms with E-state index in [0.717, 1.165) is 6.54 Å². The minimum Gasteiger partial charge on any atom is -0.305 e. The monoisotopic (exact) mass is 243 g/mol. The van der Waals surface area contributed by atoms with Gasteiger partial charge in [0.05, 0.1) is 5.69 Å². The molecule has 1 atom stereocenters. The summed E-state index contributed by atoms with van der Waals surface area (Å²) in [7, 11) is 1.97. The molecule has 3 nitrogen and oxygen atoms in total. The molecular formula is C15H21N3. The molecule has 0 spiro atoms. The number of hydrogen-bond acceptors (Lipinski definition) is 2. The molecule has 2 aromatic rings. The summed E-state index contributed by atoms with van der Waals surface area (Å²) in [5.74, 6) is 0. The standard InChI is InChI=1S/C15H21N3/c1-11-5-6-12(2)15(9-11)13(3)16-10-14-7-8-17-18(14)4/h5-9,13,16H,10H2,1-4H3. The van der Waals surface area contributed by atoms with Crippen molar-refractivity contribution in [2.75, 3.05) is 0 Å². The summed E-state index contributed by atoms with van der Waals surface area (Å²) in [5.41, 5.74) is 5.22. The first-order chi connectivity index (χ1) is 8.58. The van der Waals surface area contributed by atoms with Crippen LogP contribution in [0.15, 0.2) is 30.5 Å². The number of hydrogen-bond donors (Lipinski definition) is 1. The quantitative estimate of drug-likeness (QED) is 0.895. The van der Waals surface area contributed by atoms with Gasteiger partial charge in [0.2, 0.25) is 0 Å². The zero-order chi connectivity index (χ0) is 13.1. The Kier molecular flexibility index (Phi) is 3.82. The molecule has 1 aromatic carbocycles. The maximum atomic E-state index is 4.18. The molecule has 0 amide bonds. The molecule has 0 aliphatic heterocycles. The van der Waals surface area contributed by atoms with Crippen molar-refractivity contribution in [2.45, 2.75) is 33.4 Å². The highest BCUT2D eigenvalue weighted by molar-refractivity contribution is 5.32. The number of aryl methyl sites for hydroxylation is 3. The van der Waals surface area contributed by atoms with Gasteiger partial charge in [0, 0.05) is 25.8 Å². The number of rotatable bonds is 4. The van der Waals surface area contributed by atoms with Gasteiger partial charge < -0.3 is 5.32 Å². The average molecular weight is 243 g/mol. The van der Waals surface area contributed by atoms with E-state index in [1.54, 1.807) is 0 Å². The third-order valence-electron chi connectivity index (χ3n) is 3.41. The lowest BCUT2D eigenvalue weighted by atomic mass is 10.00. The number of nitrogens with one attached hydrogen (secondary N) is 1. The van der Waals surface area contributed by atoms with Crippen LogP contribution in [0.2, 0.25) is 0 Å². The normalized spacial score (nSPS) is 12.7. The second-order valence-corrected chi connectivity index (χ2v) is 4.91. The van der Waals surface area contributed by atoms with E-state index in [0.29, 0.717) is 6.04 Å². The summed E-state index contributed by atoms with van der Waals surface area (Å²) < 4.78 is 1.91. The van der Waals surface area contributed by atoms with Crippen LogP contribution in [0.4, 0.5) is 0 Å². The van der Waals surface area contributed by atoms with Gasteiger partial charge in [-0.05, 0) is 38.0 Å². The fourth-order valence-electron chi connectivity index (χ4n) is 2.17. The molecule has 18 heavy (non-hydrogen) atoms. The van der Waals surface area contributed by atoms with Crippen LogP contribution >= 0.6 is 0 Å². The minimum absolute atomic E-state index is 0.347. The van der Waals surface area contributed by atoms with Gasteiger partial charge in [-0.2, -0.15) is 5.10 Å². The van der Waals surface area contributed by atoms with Crippen LogP contribution in [-0.2, 0) is 13.6 Å². The Morgan fingerprint density at radius 1 is 1.28 bits per heavy atom. The van der Waals surface area contributed by atoms with Crippen molar-refractivity contribution in [2.24, 2.45) is 7.05 Å². The zero-order valence-electron chi connectivity index (χ0n) is 11.6. The van der Waals surface area contributed by atoms with Gasteiger partial charge in [0.15, 0.2) is 0 Å². The molecule has 1 heterocycles. The molecule has 0 fully saturated rings. The van der Waals surface area contributed by atoms with Crippen molar-refractivity contribution in [3.8, 4) is 0 Å². The molecule has 0 bridgehead atoms. The molecule has 0 aliphatic carbocycles. The SMILES string of the molecule is Cc1ccc(C)c(C(C)NCc2ccnn2C)c1. The summed E-state index contributed by atoms with van der Waals surface area (Å²) >= 11 is 0.